The fourth-order valence-corrected chi connectivity index (χ4v) is 2.02. The van der Waals surface area contributed by atoms with Crippen LogP contribution >= 0.6 is 11.8 Å². The lowest BCUT2D eigenvalue weighted by Gasteiger charge is -2.16. The molecule has 2 rings (SSSR count). The second kappa shape index (κ2) is 4.53. The number of amides is 2. The minimum Gasteiger partial charge on any atom is -0.282 e. The van der Waals surface area contributed by atoms with Gasteiger partial charge in [-0.2, -0.15) is 0 Å². The first-order valence-electron chi connectivity index (χ1n) is 5.43. The molecule has 1 aliphatic heterocycles. The Balaban J connectivity index is 2.24. The molecule has 94 valence electrons. The smallest absolute Gasteiger partial charge is 0.282 e. The molecule has 6 heteroatoms. The van der Waals surface area contributed by atoms with Crippen molar-refractivity contribution in [3.8, 4) is 0 Å². The van der Waals surface area contributed by atoms with Gasteiger partial charge in [-0.1, -0.05) is 20.8 Å². The lowest BCUT2D eigenvalue weighted by molar-refractivity contribution is -0.115. The summed E-state index contributed by atoms with van der Waals surface area (Å²) in [5.41, 5.74) is 1.38. The third-order valence-electron chi connectivity index (χ3n) is 2.36. The zero-order valence-corrected chi connectivity index (χ0v) is 11.2. The van der Waals surface area contributed by atoms with Gasteiger partial charge >= 0.3 is 0 Å². The maximum atomic E-state index is 11.3. The van der Waals surface area contributed by atoms with Crippen LogP contribution in [0.15, 0.2) is 17.3 Å². The molecule has 0 bridgehead atoms. The van der Waals surface area contributed by atoms with Crippen LogP contribution < -0.4 is 5.32 Å². The van der Waals surface area contributed by atoms with Crippen molar-refractivity contribution in [3.63, 3.8) is 0 Å². The van der Waals surface area contributed by atoms with E-state index < -0.39 is 0 Å². The Morgan fingerprint density at radius 1 is 1.22 bits per heavy atom. The molecule has 1 N–H and O–H groups in total. The molecule has 1 aliphatic rings. The van der Waals surface area contributed by atoms with E-state index in [9.17, 15) is 9.59 Å². The van der Waals surface area contributed by atoms with Crippen molar-refractivity contribution >= 4 is 29.0 Å². The summed E-state index contributed by atoms with van der Waals surface area (Å²) in [6.07, 6.45) is 4.85. The van der Waals surface area contributed by atoms with Gasteiger partial charge in [-0.3, -0.25) is 24.9 Å². The molecular weight excluding hydrogens is 250 g/mol. The number of hydrogen-bond acceptors (Lipinski definition) is 5. The molecule has 1 saturated heterocycles. The SMILES string of the molecule is CC(C)(C)c1cnc(C=C2SC(=O)NC2=O)cn1. The van der Waals surface area contributed by atoms with Gasteiger partial charge in [-0.25, -0.2) is 0 Å². The van der Waals surface area contributed by atoms with E-state index in [1.54, 1.807) is 18.5 Å². The average Bonchev–Trinajstić information content (AvgIpc) is 2.57. The van der Waals surface area contributed by atoms with E-state index >= 15 is 0 Å². The number of nitrogens with one attached hydrogen (secondary N) is 1. The van der Waals surface area contributed by atoms with E-state index in [1.807, 2.05) is 20.8 Å². The summed E-state index contributed by atoms with van der Waals surface area (Å²) in [7, 11) is 0. The summed E-state index contributed by atoms with van der Waals surface area (Å²) in [5.74, 6) is -0.383. The van der Waals surface area contributed by atoms with Crippen LogP contribution in [0.1, 0.15) is 32.2 Å². The molecule has 2 amide bonds. The predicted octanol–water partition coefficient (Wildman–Crippen LogP) is 2.10. The molecule has 0 saturated carbocycles. The topological polar surface area (TPSA) is 72.0 Å². The molecule has 18 heavy (non-hydrogen) atoms. The van der Waals surface area contributed by atoms with Crippen LogP contribution in [0, 0.1) is 0 Å². The molecule has 0 aromatic carbocycles. The third-order valence-corrected chi connectivity index (χ3v) is 3.17. The Kier molecular flexibility index (Phi) is 3.21. The quantitative estimate of drug-likeness (QED) is 0.785. The monoisotopic (exact) mass is 263 g/mol. The Morgan fingerprint density at radius 2 is 1.94 bits per heavy atom. The van der Waals surface area contributed by atoms with Gasteiger partial charge in [0.05, 0.1) is 22.5 Å². The van der Waals surface area contributed by atoms with Crippen molar-refractivity contribution in [2.45, 2.75) is 26.2 Å². The maximum Gasteiger partial charge on any atom is 0.290 e. The highest BCUT2D eigenvalue weighted by Crippen LogP contribution is 2.25. The number of hydrogen-bond donors (Lipinski definition) is 1. The number of aromatic nitrogens is 2. The van der Waals surface area contributed by atoms with Gasteiger partial charge in [0.1, 0.15) is 0 Å². The Hall–Kier alpha value is -1.69. The molecule has 0 spiro atoms. The number of thioether (sulfide) groups is 1. The van der Waals surface area contributed by atoms with E-state index in [0.29, 0.717) is 10.6 Å². The fraction of sp³-hybridized carbons (Fsp3) is 0.333. The summed E-state index contributed by atoms with van der Waals surface area (Å²) in [5, 5.41) is 1.84. The van der Waals surface area contributed by atoms with E-state index in [0.717, 1.165) is 17.5 Å². The Bertz CT molecular complexity index is 529. The first kappa shape index (κ1) is 12.8. The number of imide groups is 1. The number of rotatable bonds is 1. The Morgan fingerprint density at radius 3 is 2.39 bits per heavy atom. The summed E-state index contributed by atoms with van der Waals surface area (Å²) < 4.78 is 0. The first-order chi connectivity index (χ1) is 8.36. The molecule has 0 unspecified atom stereocenters. The number of nitrogens with zero attached hydrogens (tertiary/aromatic N) is 2. The molecule has 1 aromatic heterocycles. The second-order valence-corrected chi connectivity index (χ2v) is 5.94. The van der Waals surface area contributed by atoms with Gasteiger partial charge in [0.15, 0.2) is 0 Å². The highest BCUT2D eigenvalue weighted by molar-refractivity contribution is 8.18. The van der Waals surface area contributed by atoms with Crippen LogP contribution in [0.5, 0.6) is 0 Å². The predicted molar refractivity (Wildman–Crippen MR) is 69.8 cm³/mol. The van der Waals surface area contributed by atoms with Crippen LogP contribution in [-0.2, 0) is 10.2 Å². The summed E-state index contributed by atoms with van der Waals surface area (Å²) >= 11 is 0.872. The second-order valence-electron chi connectivity index (χ2n) is 4.93. The van der Waals surface area contributed by atoms with Crippen molar-refractivity contribution in [1.82, 2.24) is 15.3 Å². The third kappa shape index (κ3) is 2.76. The van der Waals surface area contributed by atoms with Crippen molar-refractivity contribution in [1.29, 1.82) is 0 Å². The van der Waals surface area contributed by atoms with Crippen molar-refractivity contribution < 1.29 is 9.59 Å². The highest BCUT2D eigenvalue weighted by atomic mass is 32.2. The molecule has 0 radical (unpaired) electrons. The molecule has 1 aromatic rings. The van der Waals surface area contributed by atoms with E-state index in [4.69, 9.17) is 0 Å². The van der Waals surface area contributed by atoms with E-state index in [-0.39, 0.29) is 16.6 Å². The average molecular weight is 263 g/mol. The molecule has 5 nitrogen and oxygen atoms in total. The van der Waals surface area contributed by atoms with Gasteiger partial charge in [0.25, 0.3) is 11.1 Å². The van der Waals surface area contributed by atoms with Crippen LogP contribution in [0.4, 0.5) is 4.79 Å². The van der Waals surface area contributed by atoms with Gasteiger partial charge in [0, 0.05) is 11.6 Å². The molecule has 1 fully saturated rings. The van der Waals surface area contributed by atoms with E-state index in [2.05, 4.69) is 15.3 Å². The van der Waals surface area contributed by atoms with Crippen molar-refractivity contribution in [2.24, 2.45) is 0 Å². The minimum atomic E-state index is -0.383. The normalized spacial score (nSPS) is 18.3. The lowest BCUT2D eigenvalue weighted by Crippen LogP contribution is -2.17. The Labute approximate surface area is 109 Å². The maximum absolute atomic E-state index is 11.3. The van der Waals surface area contributed by atoms with Gasteiger partial charge in [-0.05, 0) is 17.8 Å². The fourth-order valence-electron chi connectivity index (χ4n) is 1.36. The summed E-state index contributed by atoms with van der Waals surface area (Å²) in [6.45, 7) is 6.15. The zero-order valence-electron chi connectivity index (χ0n) is 10.4. The van der Waals surface area contributed by atoms with Gasteiger partial charge in [-0.15, -0.1) is 0 Å². The standard InChI is InChI=1S/C12H13N3O2S/c1-12(2,3)9-6-13-7(5-14-9)4-8-10(16)15-11(17)18-8/h4-6H,1-3H3,(H,15,16,17). The number of carbonyl (C=O) groups is 2. The van der Waals surface area contributed by atoms with Crippen LogP contribution in [-0.4, -0.2) is 21.1 Å². The lowest BCUT2D eigenvalue weighted by atomic mass is 9.93. The molecular formula is C12H13N3O2S. The highest BCUT2D eigenvalue weighted by Gasteiger charge is 2.25. The summed E-state index contributed by atoms with van der Waals surface area (Å²) in [6, 6.07) is 0. The van der Waals surface area contributed by atoms with Gasteiger partial charge in [0.2, 0.25) is 0 Å². The van der Waals surface area contributed by atoms with Gasteiger partial charge < -0.3 is 0 Å². The first-order valence-corrected chi connectivity index (χ1v) is 6.25. The van der Waals surface area contributed by atoms with E-state index in [1.165, 1.54) is 0 Å². The minimum absolute atomic E-state index is 0.0614. The number of carbonyl (C=O) groups excluding carboxylic acids is 2. The summed E-state index contributed by atoms with van der Waals surface area (Å²) in [4.78, 5) is 31.2. The van der Waals surface area contributed by atoms with Crippen LogP contribution in [0.2, 0.25) is 0 Å². The molecule has 0 atom stereocenters. The molecule has 2 heterocycles. The van der Waals surface area contributed by atoms with Crippen molar-refractivity contribution in [3.05, 3.63) is 28.7 Å². The van der Waals surface area contributed by atoms with Crippen LogP contribution in [0.25, 0.3) is 6.08 Å². The molecule has 0 aliphatic carbocycles. The zero-order chi connectivity index (χ0) is 13.3. The van der Waals surface area contributed by atoms with Crippen molar-refractivity contribution in [2.75, 3.05) is 0 Å². The largest absolute Gasteiger partial charge is 0.290 e. The van der Waals surface area contributed by atoms with Crippen LogP contribution in [0.3, 0.4) is 0 Å².